The zero-order valence-electron chi connectivity index (χ0n) is 9.93. The van der Waals surface area contributed by atoms with Gasteiger partial charge in [-0.15, -0.1) is 0 Å². The van der Waals surface area contributed by atoms with Gasteiger partial charge in [-0.05, 0) is 42.7 Å². The van der Waals surface area contributed by atoms with Gasteiger partial charge in [0, 0.05) is 0 Å². The highest BCUT2D eigenvalue weighted by Gasteiger charge is 1.97. The summed E-state index contributed by atoms with van der Waals surface area (Å²) in [6, 6.07) is 18.1. The largest absolute Gasteiger partial charge is 0.457 e. The first-order valence-corrected chi connectivity index (χ1v) is 5.99. The van der Waals surface area contributed by atoms with Gasteiger partial charge in [-0.2, -0.15) is 0 Å². The first-order chi connectivity index (χ1) is 8.38. The van der Waals surface area contributed by atoms with Crippen LogP contribution in [0.4, 0.5) is 0 Å². The summed E-state index contributed by atoms with van der Waals surface area (Å²) in [5.74, 6) is 1.76. The molecular weight excluding hydrogens is 208 g/mol. The van der Waals surface area contributed by atoms with E-state index in [1.807, 2.05) is 42.5 Å². The molecule has 1 radical (unpaired) electrons. The van der Waals surface area contributed by atoms with Crippen LogP contribution in [0.5, 0.6) is 11.5 Å². The third kappa shape index (κ3) is 3.63. The fourth-order valence-electron chi connectivity index (χ4n) is 1.68. The monoisotopic (exact) mass is 225 g/mol. The van der Waals surface area contributed by atoms with Gasteiger partial charge in [0.25, 0.3) is 0 Å². The molecule has 1 nitrogen and oxygen atoms in total. The molecular formula is C16H17O. The van der Waals surface area contributed by atoms with Crippen LogP contribution < -0.4 is 4.74 Å². The second-order valence-electron chi connectivity index (χ2n) is 4.02. The highest BCUT2D eigenvalue weighted by Crippen LogP contribution is 2.21. The lowest BCUT2D eigenvalue weighted by molar-refractivity contribution is 0.482. The fourth-order valence-corrected chi connectivity index (χ4v) is 1.68. The summed E-state index contributed by atoms with van der Waals surface area (Å²) in [4.78, 5) is 0. The van der Waals surface area contributed by atoms with Crippen LogP contribution in [0.2, 0.25) is 0 Å². The summed E-state index contributed by atoms with van der Waals surface area (Å²) in [5, 5.41) is 0. The molecule has 17 heavy (non-hydrogen) atoms. The minimum Gasteiger partial charge on any atom is -0.457 e. The van der Waals surface area contributed by atoms with E-state index >= 15 is 0 Å². The third-order valence-corrected chi connectivity index (χ3v) is 2.62. The molecule has 0 aliphatic rings. The van der Waals surface area contributed by atoms with Crippen LogP contribution in [0.25, 0.3) is 0 Å². The summed E-state index contributed by atoms with van der Waals surface area (Å²) < 4.78 is 5.73. The lowest BCUT2D eigenvalue weighted by Gasteiger charge is -2.06. The Kier molecular flexibility index (Phi) is 4.20. The van der Waals surface area contributed by atoms with Crippen molar-refractivity contribution >= 4 is 0 Å². The molecule has 0 aliphatic heterocycles. The SMILES string of the molecule is [CH2]CCCc1ccc(Oc2ccccc2)cc1. The van der Waals surface area contributed by atoms with Crippen LogP contribution in [-0.4, -0.2) is 0 Å². The van der Waals surface area contributed by atoms with Gasteiger partial charge in [0.2, 0.25) is 0 Å². The van der Waals surface area contributed by atoms with E-state index in [2.05, 4.69) is 19.1 Å². The van der Waals surface area contributed by atoms with Gasteiger partial charge in [-0.3, -0.25) is 0 Å². The first-order valence-electron chi connectivity index (χ1n) is 5.99. The van der Waals surface area contributed by atoms with E-state index in [1.54, 1.807) is 0 Å². The molecule has 0 aliphatic carbocycles. The molecule has 87 valence electrons. The second kappa shape index (κ2) is 6.09. The van der Waals surface area contributed by atoms with E-state index in [9.17, 15) is 0 Å². The Balaban J connectivity index is 1.98. The normalized spacial score (nSPS) is 10.2. The van der Waals surface area contributed by atoms with E-state index in [0.717, 1.165) is 30.8 Å². The van der Waals surface area contributed by atoms with Crippen molar-refractivity contribution in [1.82, 2.24) is 0 Å². The van der Waals surface area contributed by atoms with Crippen LogP contribution >= 0.6 is 0 Å². The Labute approximate surface area is 103 Å². The van der Waals surface area contributed by atoms with Gasteiger partial charge >= 0.3 is 0 Å². The highest BCUT2D eigenvalue weighted by molar-refractivity contribution is 5.32. The number of hydrogen-bond donors (Lipinski definition) is 0. The number of unbranched alkanes of at least 4 members (excludes halogenated alkanes) is 1. The topological polar surface area (TPSA) is 9.23 Å². The molecule has 0 N–H and O–H groups in total. The number of rotatable bonds is 5. The average Bonchev–Trinajstić information content (AvgIpc) is 2.39. The molecule has 0 saturated carbocycles. The molecule has 2 aromatic carbocycles. The van der Waals surface area contributed by atoms with Crippen LogP contribution in [0.15, 0.2) is 54.6 Å². The van der Waals surface area contributed by atoms with E-state index in [-0.39, 0.29) is 0 Å². The number of aryl methyl sites for hydroxylation is 1. The zero-order valence-corrected chi connectivity index (χ0v) is 9.93. The summed E-state index contributed by atoms with van der Waals surface area (Å²) in [6.45, 7) is 3.85. The number of benzene rings is 2. The molecule has 0 atom stereocenters. The van der Waals surface area contributed by atoms with Crippen molar-refractivity contribution in [2.75, 3.05) is 0 Å². The Hall–Kier alpha value is -1.76. The predicted octanol–water partition coefficient (Wildman–Crippen LogP) is 4.64. The van der Waals surface area contributed by atoms with Crippen molar-refractivity contribution in [3.05, 3.63) is 67.1 Å². The average molecular weight is 225 g/mol. The maximum atomic E-state index is 5.73. The molecule has 0 heterocycles. The highest BCUT2D eigenvalue weighted by atomic mass is 16.5. The second-order valence-corrected chi connectivity index (χ2v) is 4.02. The summed E-state index contributed by atoms with van der Waals surface area (Å²) in [5.41, 5.74) is 1.34. The molecule has 0 amide bonds. The standard InChI is InChI=1S/C16H17O/c1-2-3-7-14-10-12-16(13-11-14)17-15-8-5-4-6-9-15/h4-6,8-13H,1-3,7H2. The number of hydrogen-bond acceptors (Lipinski definition) is 1. The molecule has 0 saturated heterocycles. The quantitative estimate of drug-likeness (QED) is 0.720. The van der Waals surface area contributed by atoms with E-state index < -0.39 is 0 Å². The summed E-state index contributed by atoms with van der Waals surface area (Å²) in [7, 11) is 0. The smallest absolute Gasteiger partial charge is 0.127 e. The predicted molar refractivity (Wildman–Crippen MR) is 71.3 cm³/mol. The summed E-state index contributed by atoms with van der Waals surface area (Å²) in [6.07, 6.45) is 3.22. The lowest BCUT2D eigenvalue weighted by atomic mass is 10.1. The van der Waals surface area contributed by atoms with E-state index in [0.29, 0.717) is 0 Å². The third-order valence-electron chi connectivity index (χ3n) is 2.62. The van der Waals surface area contributed by atoms with Crippen molar-refractivity contribution in [3.8, 4) is 11.5 Å². The van der Waals surface area contributed by atoms with Gasteiger partial charge < -0.3 is 4.74 Å². The van der Waals surface area contributed by atoms with Gasteiger partial charge in [0.15, 0.2) is 0 Å². The van der Waals surface area contributed by atoms with E-state index in [1.165, 1.54) is 5.56 Å². The van der Waals surface area contributed by atoms with Gasteiger partial charge in [0.1, 0.15) is 11.5 Å². The molecule has 0 aromatic heterocycles. The number of ether oxygens (including phenoxy) is 1. The zero-order chi connectivity index (χ0) is 11.9. The van der Waals surface area contributed by atoms with Crippen molar-refractivity contribution in [3.63, 3.8) is 0 Å². The fraction of sp³-hybridized carbons (Fsp3) is 0.188. The van der Waals surface area contributed by atoms with Crippen LogP contribution in [0.1, 0.15) is 18.4 Å². The van der Waals surface area contributed by atoms with Crippen molar-refractivity contribution in [2.45, 2.75) is 19.3 Å². The minimum atomic E-state index is 0.873. The lowest BCUT2D eigenvalue weighted by Crippen LogP contribution is -1.86. The molecule has 2 aromatic rings. The maximum Gasteiger partial charge on any atom is 0.127 e. The van der Waals surface area contributed by atoms with Gasteiger partial charge in [-0.1, -0.05) is 43.7 Å². The molecule has 0 unspecified atom stereocenters. The van der Waals surface area contributed by atoms with Crippen LogP contribution in [-0.2, 0) is 6.42 Å². The molecule has 1 heteroatoms. The molecule has 2 rings (SSSR count). The Morgan fingerprint density at radius 3 is 2.12 bits per heavy atom. The van der Waals surface area contributed by atoms with Gasteiger partial charge in [0.05, 0.1) is 0 Å². The molecule has 0 fully saturated rings. The Bertz CT molecular complexity index is 431. The Morgan fingerprint density at radius 1 is 0.824 bits per heavy atom. The van der Waals surface area contributed by atoms with Crippen LogP contribution in [0.3, 0.4) is 0 Å². The van der Waals surface area contributed by atoms with Gasteiger partial charge in [-0.25, -0.2) is 0 Å². The maximum absolute atomic E-state index is 5.73. The Morgan fingerprint density at radius 2 is 1.47 bits per heavy atom. The summed E-state index contributed by atoms with van der Waals surface area (Å²) >= 11 is 0. The minimum absolute atomic E-state index is 0.873. The van der Waals surface area contributed by atoms with Crippen molar-refractivity contribution in [1.29, 1.82) is 0 Å². The molecule has 0 bridgehead atoms. The first kappa shape index (κ1) is 11.7. The molecule has 0 spiro atoms. The van der Waals surface area contributed by atoms with Crippen LogP contribution in [0, 0.1) is 6.92 Å². The number of para-hydroxylation sites is 1. The van der Waals surface area contributed by atoms with E-state index in [4.69, 9.17) is 4.74 Å². The van der Waals surface area contributed by atoms with Crippen molar-refractivity contribution < 1.29 is 4.74 Å². The van der Waals surface area contributed by atoms with Crippen molar-refractivity contribution in [2.24, 2.45) is 0 Å².